The number of carbonyl (C=O) groups is 1. The Hall–Kier alpha value is -1.39. The SMILES string of the molecule is O=C(O)c1cc2cc(CO)ccc2s1. The summed E-state index contributed by atoms with van der Waals surface area (Å²) in [5.41, 5.74) is 0.798. The Balaban J connectivity index is 2.60. The van der Waals surface area contributed by atoms with Crippen molar-refractivity contribution in [3.8, 4) is 0 Å². The van der Waals surface area contributed by atoms with E-state index in [0.29, 0.717) is 4.88 Å². The van der Waals surface area contributed by atoms with Gasteiger partial charge in [0.2, 0.25) is 0 Å². The fourth-order valence-corrected chi connectivity index (χ4v) is 2.18. The Bertz CT molecular complexity index is 487. The molecular formula is C10H8O3S. The molecule has 0 atom stereocenters. The molecule has 4 heteroatoms. The van der Waals surface area contributed by atoms with Crippen LogP contribution < -0.4 is 0 Å². The Labute approximate surface area is 84.2 Å². The number of rotatable bonds is 2. The molecule has 0 unspecified atom stereocenters. The largest absolute Gasteiger partial charge is 0.477 e. The number of thiophene rings is 1. The van der Waals surface area contributed by atoms with Gasteiger partial charge in [0.1, 0.15) is 4.88 Å². The lowest BCUT2D eigenvalue weighted by atomic mass is 10.2. The lowest BCUT2D eigenvalue weighted by Crippen LogP contribution is -1.89. The zero-order chi connectivity index (χ0) is 10.1. The van der Waals surface area contributed by atoms with E-state index in [1.165, 1.54) is 11.3 Å². The smallest absolute Gasteiger partial charge is 0.345 e. The van der Waals surface area contributed by atoms with Crippen molar-refractivity contribution < 1.29 is 15.0 Å². The molecule has 1 aromatic heterocycles. The number of fused-ring (bicyclic) bond motifs is 1. The van der Waals surface area contributed by atoms with Crippen molar-refractivity contribution in [1.82, 2.24) is 0 Å². The highest BCUT2D eigenvalue weighted by molar-refractivity contribution is 7.20. The molecule has 72 valence electrons. The number of hydrogen-bond acceptors (Lipinski definition) is 3. The highest BCUT2D eigenvalue weighted by Crippen LogP contribution is 2.26. The van der Waals surface area contributed by atoms with Crippen molar-refractivity contribution >= 4 is 27.4 Å². The molecule has 0 bridgehead atoms. The first-order valence-corrected chi connectivity index (χ1v) is 4.89. The van der Waals surface area contributed by atoms with Crippen LogP contribution >= 0.6 is 11.3 Å². The van der Waals surface area contributed by atoms with Crippen LogP contribution in [0.3, 0.4) is 0 Å². The average molecular weight is 208 g/mol. The first kappa shape index (κ1) is 9.18. The lowest BCUT2D eigenvalue weighted by molar-refractivity contribution is 0.0702. The van der Waals surface area contributed by atoms with Crippen LogP contribution in [-0.4, -0.2) is 16.2 Å². The quantitative estimate of drug-likeness (QED) is 0.794. The molecule has 0 fully saturated rings. The van der Waals surface area contributed by atoms with Gasteiger partial charge < -0.3 is 10.2 Å². The van der Waals surface area contributed by atoms with E-state index >= 15 is 0 Å². The van der Waals surface area contributed by atoms with Crippen molar-refractivity contribution in [3.63, 3.8) is 0 Å². The number of aromatic carboxylic acids is 1. The number of carboxylic acids is 1. The van der Waals surface area contributed by atoms with Crippen molar-refractivity contribution in [3.05, 3.63) is 34.7 Å². The molecule has 3 nitrogen and oxygen atoms in total. The van der Waals surface area contributed by atoms with Crippen LogP contribution in [0.25, 0.3) is 10.1 Å². The van der Waals surface area contributed by atoms with E-state index in [-0.39, 0.29) is 6.61 Å². The highest BCUT2D eigenvalue weighted by atomic mass is 32.1. The van der Waals surface area contributed by atoms with Gasteiger partial charge in [-0.05, 0) is 29.1 Å². The van der Waals surface area contributed by atoms with Crippen LogP contribution in [0.2, 0.25) is 0 Å². The van der Waals surface area contributed by atoms with Gasteiger partial charge in [-0.15, -0.1) is 11.3 Å². The summed E-state index contributed by atoms with van der Waals surface area (Å²) in [4.78, 5) is 11.0. The van der Waals surface area contributed by atoms with Crippen molar-refractivity contribution in [2.24, 2.45) is 0 Å². The first-order chi connectivity index (χ1) is 6.70. The maximum Gasteiger partial charge on any atom is 0.345 e. The molecule has 2 aromatic rings. The number of carboxylic acid groups (broad SMARTS) is 1. The maximum absolute atomic E-state index is 10.7. The topological polar surface area (TPSA) is 57.5 Å². The zero-order valence-corrected chi connectivity index (χ0v) is 8.04. The normalized spacial score (nSPS) is 10.6. The van der Waals surface area contributed by atoms with Gasteiger partial charge in [-0.1, -0.05) is 6.07 Å². The number of hydrogen-bond donors (Lipinski definition) is 2. The summed E-state index contributed by atoms with van der Waals surface area (Å²) in [7, 11) is 0. The molecule has 0 aliphatic heterocycles. The lowest BCUT2D eigenvalue weighted by Gasteiger charge is -1.93. The van der Waals surface area contributed by atoms with Crippen LogP contribution in [0, 0.1) is 0 Å². The summed E-state index contributed by atoms with van der Waals surface area (Å²) >= 11 is 1.24. The molecule has 0 amide bonds. The molecule has 1 heterocycles. The fourth-order valence-electron chi connectivity index (χ4n) is 1.30. The van der Waals surface area contributed by atoms with Gasteiger partial charge in [-0.25, -0.2) is 4.79 Å². The Morgan fingerprint density at radius 1 is 1.36 bits per heavy atom. The van der Waals surface area contributed by atoms with E-state index in [9.17, 15) is 4.79 Å². The highest BCUT2D eigenvalue weighted by Gasteiger charge is 2.07. The molecule has 0 radical (unpaired) electrons. The van der Waals surface area contributed by atoms with Crippen LogP contribution in [0.5, 0.6) is 0 Å². The Kier molecular flexibility index (Phi) is 2.23. The zero-order valence-electron chi connectivity index (χ0n) is 7.23. The van der Waals surface area contributed by atoms with E-state index in [1.54, 1.807) is 18.2 Å². The standard InChI is InChI=1S/C10H8O3S/c11-5-6-1-2-8-7(3-6)4-9(14-8)10(12)13/h1-4,11H,5H2,(H,12,13). The van der Waals surface area contributed by atoms with Gasteiger partial charge in [-0.2, -0.15) is 0 Å². The first-order valence-electron chi connectivity index (χ1n) is 4.07. The molecule has 0 aliphatic rings. The number of aliphatic hydroxyl groups excluding tert-OH is 1. The Morgan fingerprint density at radius 3 is 2.79 bits per heavy atom. The van der Waals surface area contributed by atoms with Crippen molar-refractivity contribution in [2.45, 2.75) is 6.61 Å². The number of benzene rings is 1. The second-order valence-corrected chi connectivity index (χ2v) is 4.03. The third-order valence-electron chi connectivity index (χ3n) is 1.97. The summed E-state index contributed by atoms with van der Waals surface area (Å²) in [5, 5.41) is 18.5. The average Bonchev–Trinajstić information content (AvgIpc) is 2.59. The minimum absolute atomic E-state index is 0.0197. The van der Waals surface area contributed by atoms with Crippen molar-refractivity contribution in [1.29, 1.82) is 0 Å². The van der Waals surface area contributed by atoms with Crippen LogP contribution in [0.15, 0.2) is 24.3 Å². The summed E-state index contributed by atoms with van der Waals surface area (Å²) in [6.45, 7) is -0.0197. The van der Waals surface area contributed by atoms with Crippen LogP contribution in [0.4, 0.5) is 0 Å². The second kappa shape index (κ2) is 3.40. The molecule has 2 rings (SSSR count). The molecule has 14 heavy (non-hydrogen) atoms. The second-order valence-electron chi connectivity index (χ2n) is 2.95. The summed E-state index contributed by atoms with van der Waals surface area (Å²) < 4.78 is 0.930. The predicted molar refractivity (Wildman–Crippen MR) is 54.7 cm³/mol. The monoisotopic (exact) mass is 208 g/mol. The molecule has 0 aliphatic carbocycles. The summed E-state index contributed by atoms with van der Waals surface area (Å²) in [6.07, 6.45) is 0. The van der Waals surface area contributed by atoms with Crippen LogP contribution in [0.1, 0.15) is 15.2 Å². The van der Waals surface area contributed by atoms with E-state index < -0.39 is 5.97 Å². The number of aliphatic hydroxyl groups is 1. The Morgan fingerprint density at radius 2 is 2.14 bits per heavy atom. The van der Waals surface area contributed by atoms with Gasteiger partial charge in [0.05, 0.1) is 6.61 Å². The molecule has 0 spiro atoms. The molecule has 2 N–H and O–H groups in total. The molecule has 1 aromatic carbocycles. The van der Waals surface area contributed by atoms with E-state index in [1.807, 2.05) is 6.07 Å². The molecule has 0 saturated heterocycles. The van der Waals surface area contributed by atoms with Gasteiger partial charge in [0, 0.05) is 4.70 Å². The maximum atomic E-state index is 10.7. The minimum Gasteiger partial charge on any atom is -0.477 e. The summed E-state index contributed by atoms with van der Waals surface area (Å²) in [6, 6.07) is 7.06. The fraction of sp³-hybridized carbons (Fsp3) is 0.100. The van der Waals surface area contributed by atoms with Crippen molar-refractivity contribution in [2.75, 3.05) is 0 Å². The third kappa shape index (κ3) is 1.49. The minimum atomic E-state index is -0.906. The van der Waals surface area contributed by atoms with Gasteiger partial charge in [0.25, 0.3) is 0 Å². The van der Waals surface area contributed by atoms with E-state index in [0.717, 1.165) is 15.6 Å². The molecular weight excluding hydrogens is 200 g/mol. The van der Waals surface area contributed by atoms with Gasteiger partial charge in [-0.3, -0.25) is 0 Å². The summed E-state index contributed by atoms with van der Waals surface area (Å²) in [5.74, 6) is -0.906. The van der Waals surface area contributed by atoms with E-state index in [4.69, 9.17) is 10.2 Å². The third-order valence-corrected chi connectivity index (χ3v) is 3.08. The van der Waals surface area contributed by atoms with E-state index in [2.05, 4.69) is 0 Å². The van der Waals surface area contributed by atoms with Gasteiger partial charge in [0.15, 0.2) is 0 Å². The molecule has 0 saturated carbocycles. The van der Waals surface area contributed by atoms with Gasteiger partial charge >= 0.3 is 5.97 Å². The predicted octanol–water partition coefficient (Wildman–Crippen LogP) is 2.09. The van der Waals surface area contributed by atoms with Crippen LogP contribution in [-0.2, 0) is 6.61 Å².